The van der Waals surface area contributed by atoms with Gasteiger partial charge in [-0.1, -0.05) is 23.8 Å². The second-order valence-electron chi connectivity index (χ2n) is 2.80. The fourth-order valence-electron chi connectivity index (χ4n) is 1.16. The molecule has 2 heteroatoms. The Balaban J connectivity index is 2.98. The zero-order chi connectivity index (χ0) is 8.27. The van der Waals surface area contributed by atoms with Crippen molar-refractivity contribution >= 4 is 8.46 Å². The third-order valence-corrected chi connectivity index (χ3v) is 2.41. The molecule has 0 amide bonds. The minimum atomic E-state index is -0.645. The quantitative estimate of drug-likeness (QED) is 0.620. The number of rotatable bonds is 2. The fourth-order valence-corrected chi connectivity index (χ4v) is 1.80. The third-order valence-electron chi connectivity index (χ3n) is 1.80. The average Bonchev–Trinajstić information content (AvgIpc) is 1.95. The van der Waals surface area contributed by atoms with Gasteiger partial charge in [-0.25, -0.2) is 0 Å². The largest absolute Gasteiger partial charge is 0.330 e. The van der Waals surface area contributed by atoms with Crippen LogP contribution >= 0.6 is 8.46 Å². The van der Waals surface area contributed by atoms with E-state index in [-0.39, 0.29) is 0 Å². The molecule has 0 radical (unpaired) electrons. The van der Waals surface area contributed by atoms with Crippen LogP contribution in [0.25, 0.3) is 0 Å². The Morgan fingerprint density at radius 3 is 2.64 bits per heavy atom. The van der Waals surface area contributed by atoms with E-state index in [2.05, 4.69) is 32.0 Å². The molecule has 60 valence electrons. The Morgan fingerprint density at radius 2 is 2.09 bits per heavy atom. The van der Waals surface area contributed by atoms with Crippen LogP contribution in [-0.2, 0) is 10.7 Å². The van der Waals surface area contributed by atoms with Crippen LogP contribution in [0.2, 0.25) is 0 Å². The Kier molecular flexibility index (Phi) is 2.90. The van der Waals surface area contributed by atoms with Gasteiger partial charge in [0.25, 0.3) is 0 Å². The molecule has 0 fully saturated rings. The Morgan fingerprint density at radius 1 is 1.36 bits per heavy atom. The van der Waals surface area contributed by atoms with Gasteiger partial charge in [0.05, 0.1) is 8.46 Å². The van der Waals surface area contributed by atoms with E-state index in [0.717, 1.165) is 6.16 Å². The molecule has 1 aromatic carbocycles. The Hall–Kier alpha value is -0.550. The molecular weight excluding hydrogens is 155 g/mol. The van der Waals surface area contributed by atoms with Crippen LogP contribution < -0.4 is 0 Å². The lowest BCUT2D eigenvalue weighted by molar-refractivity contribution is 0.598. The van der Waals surface area contributed by atoms with Gasteiger partial charge in [0.1, 0.15) is 0 Å². The molecule has 0 aliphatic carbocycles. The van der Waals surface area contributed by atoms with E-state index < -0.39 is 8.46 Å². The summed E-state index contributed by atoms with van der Waals surface area (Å²) in [6.45, 7) is 4.14. The van der Waals surface area contributed by atoms with E-state index in [0.29, 0.717) is 0 Å². The first-order valence-corrected chi connectivity index (χ1v) is 5.02. The molecule has 0 spiro atoms. The molecule has 0 aromatic heterocycles. The molecule has 1 aromatic rings. The first kappa shape index (κ1) is 8.55. The van der Waals surface area contributed by atoms with Gasteiger partial charge < -0.3 is 4.57 Å². The molecule has 1 atom stereocenters. The zero-order valence-corrected chi connectivity index (χ0v) is 8.08. The van der Waals surface area contributed by atoms with Crippen molar-refractivity contribution in [3.8, 4) is 0 Å². The number of hydrogen-bond acceptors (Lipinski definition) is 1. The fraction of sp³-hybridized carbons (Fsp3) is 0.333. The summed E-state index contributed by atoms with van der Waals surface area (Å²) in [6.07, 6.45) is 0.742. The molecule has 0 saturated heterocycles. The van der Waals surface area contributed by atoms with Crippen molar-refractivity contribution in [2.24, 2.45) is 0 Å². The molecule has 1 rings (SSSR count). The first-order valence-electron chi connectivity index (χ1n) is 3.74. The summed E-state index contributed by atoms with van der Waals surface area (Å²) in [5.74, 6) is 0. The summed E-state index contributed by atoms with van der Waals surface area (Å²) in [7, 11) is -0.645. The molecule has 0 bridgehead atoms. The van der Waals surface area contributed by atoms with Gasteiger partial charge in [-0.2, -0.15) is 0 Å². The summed E-state index contributed by atoms with van der Waals surface area (Å²) in [4.78, 5) is 0. The summed E-state index contributed by atoms with van der Waals surface area (Å²) in [5.41, 5.74) is 3.75. The summed E-state index contributed by atoms with van der Waals surface area (Å²) < 4.78 is 10.4. The molecule has 0 aliphatic heterocycles. The maximum atomic E-state index is 10.4. The maximum absolute atomic E-state index is 10.4. The van der Waals surface area contributed by atoms with Crippen LogP contribution in [0.5, 0.6) is 0 Å². The topological polar surface area (TPSA) is 17.1 Å². The highest BCUT2D eigenvalue weighted by Crippen LogP contribution is 2.15. The van der Waals surface area contributed by atoms with Crippen molar-refractivity contribution in [2.75, 3.05) is 0 Å². The monoisotopic (exact) mass is 168 g/mol. The van der Waals surface area contributed by atoms with Crippen molar-refractivity contribution in [2.45, 2.75) is 20.0 Å². The molecule has 1 unspecified atom stereocenters. The van der Waals surface area contributed by atoms with Crippen molar-refractivity contribution in [1.82, 2.24) is 0 Å². The maximum Gasteiger partial charge on any atom is 0.0687 e. The molecule has 11 heavy (non-hydrogen) atoms. The van der Waals surface area contributed by atoms with Crippen LogP contribution in [-0.4, -0.2) is 0 Å². The van der Waals surface area contributed by atoms with Gasteiger partial charge in [0.15, 0.2) is 0 Å². The minimum Gasteiger partial charge on any atom is -0.330 e. The van der Waals surface area contributed by atoms with Crippen molar-refractivity contribution in [1.29, 1.82) is 0 Å². The highest BCUT2D eigenvalue weighted by Gasteiger charge is 1.95. The van der Waals surface area contributed by atoms with Gasteiger partial charge in [0, 0.05) is 6.16 Å². The molecular formula is C9H13OP. The van der Waals surface area contributed by atoms with Gasteiger partial charge in [-0.15, -0.1) is 0 Å². The van der Waals surface area contributed by atoms with Crippen LogP contribution in [0.15, 0.2) is 18.2 Å². The lowest BCUT2D eigenvalue weighted by atomic mass is 10.1. The van der Waals surface area contributed by atoms with E-state index in [1.54, 1.807) is 0 Å². The molecule has 1 nitrogen and oxygen atoms in total. The van der Waals surface area contributed by atoms with Crippen molar-refractivity contribution in [3.63, 3.8) is 0 Å². The highest BCUT2D eigenvalue weighted by molar-refractivity contribution is 7.22. The Labute approximate surface area is 68.6 Å². The zero-order valence-electron chi connectivity index (χ0n) is 6.92. The van der Waals surface area contributed by atoms with E-state index in [1.807, 2.05) is 0 Å². The van der Waals surface area contributed by atoms with Crippen LogP contribution in [0, 0.1) is 13.8 Å². The van der Waals surface area contributed by atoms with Crippen LogP contribution in [0.1, 0.15) is 16.7 Å². The normalized spacial score (nSPS) is 11.1. The van der Waals surface area contributed by atoms with Gasteiger partial charge in [-0.05, 0) is 25.0 Å². The smallest absolute Gasteiger partial charge is 0.0687 e. The average molecular weight is 168 g/mol. The van der Waals surface area contributed by atoms with Crippen LogP contribution in [0.4, 0.5) is 0 Å². The van der Waals surface area contributed by atoms with Crippen molar-refractivity contribution < 1.29 is 4.57 Å². The lowest BCUT2D eigenvalue weighted by Gasteiger charge is -2.01. The lowest BCUT2D eigenvalue weighted by Crippen LogP contribution is -1.84. The van der Waals surface area contributed by atoms with Crippen LogP contribution in [0.3, 0.4) is 0 Å². The first-order chi connectivity index (χ1) is 5.24. The van der Waals surface area contributed by atoms with E-state index in [1.165, 1.54) is 16.7 Å². The highest BCUT2D eigenvalue weighted by atomic mass is 31.1. The summed E-state index contributed by atoms with van der Waals surface area (Å²) in [6, 6.07) is 6.26. The molecule has 0 N–H and O–H groups in total. The predicted molar refractivity (Wildman–Crippen MR) is 50.0 cm³/mol. The van der Waals surface area contributed by atoms with Gasteiger partial charge in [-0.3, -0.25) is 0 Å². The standard InChI is InChI=1S/C9H13OP/c1-7-3-4-9(6-11-10)8(2)5-7/h3-5H,6,11H2,1-2H3. The third kappa shape index (κ3) is 2.20. The summed E-state index contributed by atoms with van der Waals surface area (Å²) >= 11 is 0. The Bertz CT molecular complexity index is 268. The number of hydrogen-bond donors (Lipinski definition) is 0. The van der Waals surface area contributed by atoms with Crippen molar-refractivity contribution in [3.05, 3.63) is 34.9 Å². The predicted octanol–water partition coefficient (Wildman–Crippen LogP) is 2.56. The number of aryl methyl sites for hydroxylation is 2. The number of benzene rings is 1. The summed E-state index contributed by atoms with van der Waals surface area (Å²) in [5, 5.41) is 0. The molecule has 0 aliphatic rings. The van der Waals surface area contributed by atoms with E-state index >= 15 is 0 Å². The van der Waals surface area contributed by atoms with E-state index in [9.17, 15) is 4.57 Å². The second kappa shape index (κ2) is 3.73. The van der Waals surface area contributed by atoms with Gasteiger partial charge >= 0.3 is 0 Å². The molecule has 0 heterocycles. The second-order valence-corrected chi connectivity index (χ2v) is 3.54. The van der Waals surface area contributed by atoms with Gasteiger partial charge in [0.2, 0.25) is 0 Å². The SMILES string of the molecule is Cc1ccc(C[PH2]=O)c(C)c1. The van der Waals surface area contributed by atoms with E-state index in [4.69, 9.17) is 0 Å². The molecule has 0 saturated carbocycles. The minimum absolute atomic E-state index is 0.645.